The largest absolute Gasteiger partial charge is 0.464 e. The Labute approximate surface area is 78.9 Å². The lowest BCUT2D eigenvalue weighted by Gasteiger charge is -2.02. The summed E-state index contributed by atoms with van der Waals surface area (Å²) in [7, 11) is 0. The van der Waals surface area contributed by atoms with Crippen LogP contribution in [0.15, 0.2) is 28.7 Å². The first-order chi connectivity index (χ1) is 6.24. The van der Waals surface area contributed by atoms with E-state index in [1.165, 1.54) is 0 Å². The Hall–Kier alpha value is -1.02. The highest BCUT2D eigenvalue weighted by molar-refractivity contribution is 5.08. The maximum absolute atomic E-state index is 9.62. The molecule has 0 aliphatic rings. The lowest BCUT2D eigenvalue weighted by Crippen LogP contribution is -1.92. The van der Waals surface area contributed by atoms with Crippen molar-refractivity contribution in [2.24, 2.45) is 0 Å². The first-order valence-corrected chi connectivity index (χ1v) is 4.63. The Balaban J connectivity index is 2.48. The van der Waals surface area contributed by atoms with Gasteiger partial charge in [-0.1, -0.05) is 19.1 Å². The van der Waals surface area contributed by atoms with E-state index in [0.29, 0.717) is 12.2 Å². The molecule has 1 aromatic heterocycles. The molecule has 0 aliphatic heterocycles. The van der Waals surface area contributed by atoms with E-state index < -0.39 is 6.10 Å². The van der Waals surface area contributed by atoms with Gasteiger partial charge in [-0.25, -0.2) is 0 Å². The molecule has 13 heavy (non-hydrogen) atoms. The smallest absolute Gasteiger partial charge is 0.132 e. The molecule has 2 heteroatoms. The van der Waals surface area contributed by atoms with Gasteiger partial charge in [0.15, 0.2) is 0 Å². The summed E-state index contributed by atoms with van der Waals surface area (Å²) in [5.74, 6) is 1.49. The predicted molar refractivity (Wildman–Crippen MR) is 52.5 cm³/mol. The third kappa shape index (κ3) is 3.07. The number of aliphatic hydroxyl groups excluding tert-OH is 1. The van der Waals surface area contributed by atoms with Crippen LogP contribution in [0.2, 0.25) is 0 Å². The molecule has 0 amide bonds. The highest BCUT2D eigenvalue weighted by atomic mass is 16.4. The lowest BCUT2D eigenvalue weighted by molar-refractivity contribution is 0.151. The molecule has 1 N–H and O–H groups in total. The second-order valence-corrected chi connectivity index (χ2v) is 3.08. The molecule has 0 saturated heterocycles. The van der Waals surface area contributed by atoms with Crippen LogP contribution in [0.1, 0.15) is 37.4 Å². The molecule has 1 rings (SSSR count). The van der Waals surface area contributed by atoms with Gasteiger partial charge in [-0.3, -0.25) is 0 Å². The maximum atomic E-state index is 9.62. The monoisotopic (exact) mass is 180 g/mol. The number of rotatable bonds is 4. The van der Waals surface area contributed by atoms with E-state index in [2.05, 4.69) is 6.92 Å². The van der Waals surface area contributed by atoms with Crippen molar-refractivity contribution in [2.75, 3.05) is 0 Å². The average molecular weight is 180 g/mol. The summed E-state index contributed by atoms with van der Waals surface area (Å²) in [6.07, 6.45) is 5.14. The van der Waals surface area contributed by atoms with Crippen molar-refractivity contribution in [3.63, 3.8) is 0 Å². The fraction of sp³-hybridized carbons (Fsp3) is 0.455. The van der Waals surface area contributed by atoms with Gasteiger partial charge in [-0.2, -0.15) is 0 Å². The van der Waals surface area contributed by atoms with Crippen molar-refractivity contribution < 1.29 is 9.52 Å². The zero-order chi connectivity index (χ0) is 9.68. The van der Waals surface area contributed by atoms with Crippen molar-refractivity contribution in [3.05, 3.63) is 35.8 Å². The molecule has 1 atom stereocenters. The minimum atomic E-state index is -0.503. The van der Waals surface area contributed by atoms with Gasteiger partial charge in [0.2, 0.25) is 0 Å². The third-order valence-electron chi connectivity index (χ3n) is 1.85. The number of aryl methyl sites for hydroxylation is 1. The Morgan fingerprint density at radius 3 is 2.77 bits per heavy atom. The molecule has 1 heterocycles. The molecule has 0 fully saturated rings. The van der Waals surface area contributed by atoms with Gasteiger partial charge in [0.25, 0.3) is 0 Å². The summed E-state index contributed by atoms with van der Waals surface area (Å²) in [5.41, 5.74) is 0. The summed E-state index contributed by atoms with van der Waals surface area (Å²) in [5, 5.41) is 9.62. The van der Waals surface area contributed by atoms with E-state index in [4.69, 9.17) is 4.42 Å². The molecular formula is C11H16O2. The van der Waals surface area contributed by atoms with Gasteiger partial charge in [0.05, 0.1) is 0 Å². The zero-order valence-corrected chi connectivity index (χ0v) is 8.16. The van der Waals surface area contributed by atoms with Gasteiger partial charge >= 0.3 is 0 Å². The van der Waals surface area contributed by atoms with Crippen LogP contribution in [0.5, 0.6) is 0 Å². The number of allylic oxidation sites excluding steroid dienone is 1. The van der Waals surface area contributed by atoms with Crippen LogP contribution in [0, 0.1) is 6.92 Å². The van der Waals surface area contributed by atoms with Crippen LogP contribution in [0.25, 0.3) is 0 Å². The molecule has 0 bridgehead atoms. The van der Waals surface area contributed by atoms with Crippen molar-refractivity contribution in [2.45, 2.75) is 32.8 Å². The Kier molecular flexibility index (Phi) is 3.77. The quantitative estimate of drug-likeness (QED) is 0.722. The molecule has 2 nitrogen and oxygen atoms in total. The second kappa shape index (κ2) is 4.87. The van der Waals surface area contributed by atoms with E-state index in [-0.39, 0.29) is 0 Å². The normalized spacial score (nSPS) is 13.8. The fourth-order valence-electron chi connectivity index (χ4n) is 1.14. The SMILES string of the molecule is CC/C=C\CC(O)c1ccc(C)o1. The summed E-state index contributed by atoms with van der Waals surface area (Å²) in [6.45, 7) is 3.94. The number of hydrogen-bond acceptors (Lipinski definition) is 2. The highest BCUT2D eigenvalue weighted by Crippen LogP contribution is 2.19. The van der Waals surface area contributed by atoms with Crippen LogP contribution >= 0.6 is 0 Å². The van der Waals surface area contributed by atoms with Crippen LogP contribution in [0.3, 0.4) is 0 Å². The lowest BCUT2D eigenvalue weighted by atomic mass is 10.2. The van der Waals surface area contributed by atoms with Crippen molar-refractivity contribution >= 4 is 0 Å². The van der Waals surface area contributed by atoms with E-state index in [1.807, 2.05) is 31.2 Å². The average Bonchev–Trinajstić information content (AvgIpc) is 2.52. The Morgan fingerprint density at radius 1 is 1.46 bits per heavy atom. The molecule has 0 radical (unpaired) electrons. The second-order valence-electron chi connectivity index (χ2n) is 3.08. The van der Waals surface area contributed by atoms with Crippen LogP contribution in [-0.2, 0) is 0 Å². The summed E-state index contributed by atoms with van der Waals surface area (Å²) in [4.78, 5) is 0. The first kappa shape index (κ1) is 10.1. The van der Waals surface area contributed by atoms with Crippen LogP contribution in [-0.4, -0.2) is 5.11 Å². The molecular weight excluding hydrogens is 164 g/mol. The highest BCUT2D eigenvalue weighted by Gasteiger charge is 2.08. The molecule has 72 valence electrons. The van der Waals surface area contributed by atoms with Crippen molar-refractivity contribution in [3.8, 4) is 0 Å². The van der Waals surface area contributed by atoms with Crippen molar-refractivity contribution in [1.82, 2.24) is 0 Å². The molecule has 0 spiro atoms. The van der Waals surface area contributed by atoms with Gasteiger partial charge in [0.1, 0.15) is 17.6 Å². The van der Waals surface area contributed by atoms with Gasteiger partial charge < -0.3 is 9.52 Å². The Bertz CT molecular complexity index is 273. The minimum Gasteiger partial charge on any atom is -0.464 e. The van der Waals surface area contributed by atoms with Gasteiger partial charge in [-0.05, 0) is 31.9 Å². The summed E-state index contributed by atoms with van der Waals surface area (Å²) in [6, 6.07) is 3.68. The predicted octanol–water partition coefficient (Wildman–Crippen LogP) is 2.98. The summed E-state index contributed by atoms with van der Waals surface area (Å²) >= 11 is 0. The topological polar surface area (TPSA) is 33.4 Å². The summed E-state index contributed by atoms with van der Waals surface area (Å²) < 4.78 is 5.29. The maximum Gasteiger partial charge on any atom is 0.132 e. The fourth-order valence-corrected chi connectivity index (χ4v) is 1.14. The molecule has 1 unspecified atom stereocenters. The third-order valence-corrected chi connectivity index (χ3v) is 1.85. The van der Waals surface area contributed by atoms with Crippen LogP contribution in [0.4, 0.5) is 0 Å². The standard InChI is InChI=1S/C11H16O2/c1-3-4-5-6-10(12)11-8-7-9(2)13-11/h4-5,7-8,10,12H,3,6H2,1-2H3/b5-4-. The Morgan fingerprint density at radius 2 is 2.23 bits per heavy atom. The molecule has 0 saturated carbocycles. The van der Waals surface area contributed by atoms with E-state index in [0.717, 1.165) is 12.2 Å². The minimum absolute atomic E-state index is 0.503. The molecule has 0 aromatic carbocycles. The number of aliphatic hydroxyl groups is 1. The van der Waals surface area contributed by atoms with E-state index in [1.54, 1.807) is 0 Å². The number of hydrogen-bond donors (Lipinski definition) is 1. The van der Waals surface area contributed by atoms with E-state index in [9.17, 15) is 5.11 Å². The zero-order valence-electron chi connectivity index (χ0n) is 8.16. The van der Waals surface area contributed by atoms with Gasteiger partial charge in [-0.15, -0.1) is 0 Å². The molecule has 1 aromatic rings. The van der Waals surface area contributed by atoms with E-state index >= 15 is 0 Å². The number of furan rings is 1. The first-order valence-electron chi connectivity index (χ1n) is 4.63. The van der Waals surface area contributed by atoms with Crippen molar-refractivity contribution in [1.29, 1.82) is 0 Å². The molecule has 0 aliphatic carbocycles. The van der Waals surface area contributed by atoms with Crippen LogP contribution < -0.4 is 0 Å². The van der Waals surface area contributed by atoms with Gasteiger partial charge in [0, 0.05) is 0 Å².